The predicted molar refractivity (Wildman–Crippen MR) is 237 cm³/mol. The molecule has 0 aliphatic heterocycles. The maximum Gasteiger partial charge on any atom is 0.0625 e. The summed E-state index contributed by atoms with van der Waals surface area (Å²) in [6.45, 7) is 0. The summed E-state index contributed by atoms with van der Waals surface area (Å²) in [4.78, 5) is 0. The Morgan fingerprint density at radius 2 is 1.04 bits per heavy atom. The number of rotatable bonds is 3. The first-order chi connectivity index (χ1) is 27.3. The van der Waals surface area contributed by atoms with Crippen molar-refractivity contribution in [3.8, 4) is 22.5 Å². The molecule has 10 aromatic carbocycles. The molecule has 0 fully saturated rings. The standard InChI is InChI=1S/C52H30N2S/c1-2-12-33(13-3-1)53-44-18-8-6-15-37(44)42-29-32(22-27-45(42)53)36-25-26-41-49-35-14-5-4-11-31(35)21-24-40(49)39-17-10-19-46-50(39)51(41)52(36)54(46)34-23-28-48-43(30-34)38-16-7-9-20-47(38)55-48/h1-30H. The topological polar surface area (TPSA) is 9.86 Å². The molecule has 0 N–H and O–H groups in total. The fourth-order valence-electron chi connectivity index (χ4n) is 9.76. The van der Waals surface area contributed by atoms with Crippen LogP contribution in [-0.2, 0) is 0 Å². The molecule has 0 amide bonds. The van der Waals surface area contributed by atoms with Gasteiger partial charge in [-0.2, -0.15) is 0 Å². The molecule has 0 unspecified atom stereocenters. The van der Waals surface area contributed by atoms with Gasteiger partial charge in [-0.3, -0.25) is 0 Å². The van der Waals surface area contributed by atoms with Crippen LogP contribution in [0.5, 0.6) is 0 Å². The third kappa shape index (κ3) is 3.92. The molecule has 3 heterocycles. The molecule has 0 bridgehead atoms. The lowest BCUT2D eigenvalue weighted by atomic mass is 9.89. The minimum Gasteiger partial charge on any atom is -0.309 e. The van der Waals surface area contributed by atoms with Crippen LogP contribution in [0, 0.1) is 0 Å². The van der Waals surface area contributed by atoms with Crippen molar-refractivity contribution < 1.29 is 0 Å². The molecular formula is C52H30N2S. The third-order valence-electron chi connectivity index (χ3n) is 12.0. The van der Waals surface area contributed by atoms with Crippen molar-refractivity contribution in [2.24, 2.45) is 0 Å². The zero-order valence-corrected chi connectivity index (χ0v) is 30.4. The Morgan fingerprint density at radius 1 is 0.327 bits per heavy atom. The minimum absolute atomic E-state index is 1.17. The number of para-hydroxylation sites is 2. The van der Waals surface area contributed by atoms with Crippen molar-refractivity contribution in [3.05, 3.63) is 182 Å². The van der Waals surface area contributed by atoms with Crippen molar-refractivity contribution in [1.82, 2.24) is 9.13 Å². The van der Waals surface area contributed by atoms with E-state index in [2.05, 4.69) is 191 Å². The molecule has 0 spiro atoms. The number of hydrogen-bond acceptors (Lipinski definition) is 1. The minimum atomic E-state index is 1.17. The Kier molecular flexibility index (Phi) is 5.80. The van der Waals surface area contributed by atoms with E-state index in [9.17, 15) is 0 Å². The van der Waals surface area contributed by atoms with Gasteiger partial charge in [-0.25, -0.2) is 0 Å². The lowest BCUT2D eigenvalue weighted by Gasteiger charge is -2.15. The highest BCUT2D eigenvalue weighted by molar-refractivity contribution is 7.25. The summed E-state index contributed by atoms with van der Waals surface area (Å²) in [6.07, 6.45) is 0. The van der Waals surface area contributed by atoms with E-state index in [1.165, 1.54) is 119 Å². The second kappa shape index (κ2) is 10.8. The molecular weight excluding hydrogens is 685 g/mol. The zero-order valence-electron chi connectivity index (χ0n) is 29.6. The van der Waals surface area contributed by atoms with E-state index in [-0.39, 0.29) is 0 Å². The van der Waals surface area contributed by atoms with Crippen molar-refractivity contribution in [2.45, 2.75) is 0 Å². The van der Waals surface area contributed by atoms with Gasteiger partial charge < -0.3 is 9.13 Å². The summed E-state index contributed by atoms with van der Waals surface area (Å²) in [5.74, 6) is 0. The number of nitrogens with zero attached hydrogens (tertiary/aromatic N) is 2. The largest absolute Gasteiger partial charge is 0.309 e. The first kappa shape index (κ1) is 29.5. The monoisotopic (exact) mass is 714 g/mol. The van der Waals surface area contributed by atoms with E-state index in [0.29, 0.717) is 0 Å². The van der Waals surface area contributed by atoms with Crippen LogP contribution >= 0.6 is 11.3 Å². The number of thiophene rings is 1. The van der Waals surface area contributed by atoms with Crippen LogP contribution < -0.4 is 0 Å². The lowest BCUT2D eigenvalue weighted by molar-refractivity contribution is 1.18. The Bertz CT molecular complexity index is 3710. The van der Waals surface area contributed by atoms with Crippen LogP contribution in [0.3, 0.4) is 0 Å². The molecule has 13 aromatic rings. The van der Waals surface area contributed by atoms with Gasteiger partial charge in [0, 0.05) is 58.7 Å². The Morgan fingerprint density at radius 3 is 1.96 bits per heavy atom. The zero-order chi connectivity index (χ0) is 35.8. The summed E-state index contributed by atoms with van der Waals surface area (Å²) >= 11 is 1.87. The van der Waals surface area contributed by atoms with Crippen LogP contribution in [0.2, 0.25) is 0 Å². The van der Waals surface area contributed by atoms with E-state index < -0.39 is 0 Å². The lowest BCUT2D eigenvalue weighted by Crippen LogP contribution is -1.96. The normalized spacial score (nSPS) is 12.4. The van der Waals surface area contributed by atoms with E-state index in [0.717, 1.165) is 0 Å². The number of fused-ring (bicyclic) bond motifs is 11. The number of hydrogen-bond donors (Lipinski definition) is 0. The maximum atomic E-state index is 2.56. The number of aromatic nitrogens is 2. The van der Waals surface area contributed by atoms with Crippen molar-refractivity contribution in [2.75, 3.05) is 0 Å². The Labute approximate surface area is 319 Å². The molecule has 55 heavy (non-hydrogen) atoms. The van der Waals surface area contributed by atoms with Crippen molar-refractivity contribution in [1.29, 1.82) is 0 Å². The van der Waals surface area contributed by atoms with Crippen molar-refractivity contribution >= 4 is 107 Å². The summed E-state index contributed by atoms with van der Waals surface area (Å²) < 4.78 is 7.60. The average Bonchev–Trinajstić information content (AvgIpc) is 3.91. The van der Waals surface area contributed by atoms with Crippen LogP contribution in [0.1, 0.15) is 0 Å². The van der Waals surface area contributed by atoms with E-state index in [1.807, 2.05) is 11.3 Å². The molecule has 3 aromatic heterocycles. The van der Waals surface area contributed by atoms with Gasteiger partial charge in [-0.05, 0) is 98.5 Å². The maximum absolute atomic E-state index is 2.56. The van der Waals surface area contributed by atoms with E-state index in [4.69, 9.17) is 0 Å². The molecule has 0 saturated carbocycles. The smallest absolute Gasteiger partial charge is 0.0625 e. The molecule has 0 atom stereocenters. The summed E-state index contributed by atoms with van der Waals surface area (Å²) in [6, 6.07) is 67.7. The van der Waals surface area contributed by atoms with Gasteiger partial charge in [0.2, 0.25) is 0 Å². The molecule has 13 rings (SSSR count). The highest BCUT2D eigenvalue weighted by Gasteiger charge is 2.24. The van der Waals surface area contributed by atoms with E-state index >= 15 is 0 Å². The van der Waals surface area contributed by atoms with Crippen LogP contribution in [0.25, 0.3) is 119 Å². The fraction of sp³-hybridized carbons (Fsp3) is 0. The predicted octanol–water partition coefficient (Wildman–Crippen LogP) is 14.8. The second-order valence-corrected chi connectivity index (χ2v) is 15.9. The Balaban J connectivity index is 1.20. The first-order valence-corrected chi connectivity index (χ1v) is 19.8. The van der Waals surface area contributed by atoms with Gasteiger partial charge >= 0.3 is 0 Å². The van der Waals surface area contributed by atoms with Gasteiger partial charge in [0.25, 0.3) is 0 Å². The van der Waals surface area contributed by atoms with Crippen LogP contribution in [0.4, 0.5) is 0 Å². The SMILES string of the molecule is c1ccc(-n2c3ccccc3c3cc(-c4ccc5c6c7ccccc7ccc6c6cccc7c6c5c4n7-c4ccc5sc6ccccc6c5c4)ccc32)cc1. The highest BCUT2D eigenvalue weighted by atomic mass is 32.1. The quantitative estimate of drug-likeness (QED) is 0.161. The highest BCUT2D eigenvalue weighted by Crippen LogP contribution is 2.49. The van der Waals surface area contributed by atoms with Gasteiger partial charge in [-0.15, -0.1) is 11.3 Å². The van der Waals surface area contributed by atoms with E-state index in [1.54, 1.807) is 0 Å². The molecule has 0 aliphatic carbocycles. The molecule has 2 nitrogen and oxygen atoms in total. The molecule has 0 aliphatic rings. The second-order valence-electron chi connectivity index (χ2n) is 14.8. The summed E-state index contributed by atoms with van der Waals surface area (Å²) in [5.41, 5.74) is 9.72. The number of benzene rings is 10. The molecule has 254 valence electrons. The molecule has 3 heteroatoms. The fourth-order valence-corrected chi connectivity index (χ4v) is 10.8. The first-order valence-electron chi connectivity index (χ1n) is 18.9. The van der Waals surface area contributed by atoms with Crippen LogP contribution in [-0.4, -0.2) is 9.13 Å². The van der Waals surface area contributed by atoms with Gasteiger partial charge in [0.05, 0.1) is 22.1 Å². The molecule has 0 radical (unpaired) electrons. The summed E-state index contributed by atoms with van der Waals surface area (Å²) in [5, 5.41) is 15.6. The Hall–Kier alpha value is -6.94. The van der Waals surface area contributed by atoms with Crippen LogP contribution in [0.15, 0.2) is 182 Å². The summed E-state index contributed by atoms with van der Waals surface area (Å²) in [7, 11) is 0. The molecule has 0 saturated heterocycles. The van der Waals surface area contributed by atoms with Crippen molar-refractivity contribution in [3.63, 3.8) is 0 Å². The van der Waals surface area contributed by atoms with Gasteiger partial charge in [-0.1, -0.05) is 121 Å². The average molecular weight is 715 g/mol. The van der Waals surface area contributed by atoms with Gasteiger partial charge in [0.1, 0.15) is 0 Å². The third-order valence-corrected chi connectivity index (χ3v) is 13.2. The van der Waals surface area contributed by atoms with Gasteiger partial charge in [0.15, 0.2) is 0 Å².